The van der Waals surface area contributed by atoms with E-state index in [1.54, 1.807) is 44.7 Å². The zero-order valence-electron chi connectivity index (χ0n) is 20.0. The van der Waals surface area contributed by atoms with Crippen molar-refractivity contribution in [1.82, 2.24) is 14.7 Å². The topological polar surface area (TPSA) is 82.6 Å². The third kappa shape index (κ3) is 4.22. The van der Waals surface area contributed by atoms with E-state index in [0.29, 0.717) is 34.8 Å². The summed E-state index contributed by atoms with van der Waals surface area (Å²) in [6.45, 7) is 4.19. The molecule has 5 rings (SSSR count). The number of fused-ring (bicyclic) bond motifs is 1. The quantitative estimate of drug-likeness (QED) is 0.390. The van der Waals surface area contributed by atoms with E-state index in [1.165, 1.54) is 6.07 Å². The number of benzene rings is 2. The number of rotatable bonds is 6. The number of halogens is 1. The summed E-state index contributed by atoms with van der Waals surface area (Å²) in [5, 5.41) is 4.34. The lowest BCUT2D eigenvalue weighted by atomic mass is 10.1. The van der Waals surface area contributed by atoms with Gasteiger partial charge in [-0.05, 0) is 50.5 Å². The number of hydrogen-bond acceptors (Lipinski definition) is 7. The molecule has 0 saturated carbocycles. The average molecular weight is 479 g/mol. The Morgan fingerprint density at radius 2 is 1.74 bits per heavy atom. The maximum absolute atomic E-state index is 15.2. The van der Waals surface area contributed by atoms with Crippen LogP contribution in [0.25, 0.3) is 33.7 Å². The van der Waals surface area contributed by atoms with Gasteiger partial charge in [-0.1, -0.05) is 5.16 Å². The Hall–Kier alpha value is -3.88. The SMILES string of the molecule is CCn1cc(-c2nc(-c3cc(OC)cc(OC)c3)no2)c(=O)c2cc(F)c(N3CCCCC3)cc21. The maximum Gasteiger partial charge on any atom is 0.263 e. The molecule has 9 heteroatoms. The lowest BCUT2D eigenvalue weighted by molar-refractivity contribution is 0.394. The minimum absolute atomic E-state index is 0.0661. The van der Waals surface area contributed by atoms with E-state index in [-0.39, 0.29) is 28.1 Å². The van der Waals surface area contributed by atoms with Crippen LogP contribution in [0.4, 0.5) is 10.1 Å². The van der Waals surface area contributed by atoms with Gasteiger partial charge in [0.25, 0.3) is 5.89 Å². The number of ether oxygens (including phenoxy) is 2. The van der Waals surface area contributed by atoms with E-state index in [4.69, 9.17) is 14.0 Å². The number of piperidine rings is 1. The van der Waals surface area contributed by atoms with Gasteiger partial charge in [0.1, 0.15) is 22.9 Å². The van der Waals surface area contributed by atoms with Crippen LogP contribution in [0.3, 0.4) is 0 Å². The van der Waals surface area contributed by atoms with Gasteiger partial charge < -0.3 is 23.5 Å². The van der Waals surface area contributed by atoms with E-state index < -0.39 is 5.82 Å². The summed E-state index contributed by atoms with van der Waals surface area (Å²) >= 11 is 0. The van der Waals surface area contributed by atoms with E-state index >= 15 is 4.39 Å². The Morgan fingerprint density at radius 1 is 1.03 bits per heavy atom. The first kappa shape index (κ1) is 22.9. The van der Waals surface area contributed by atoms with Crippen molar-refractivity contribution in [2.45, 2.75) is 32.7 Å². The number of nitrogens with zero attached hydrogens (tertiary/aromatic N) is 4. The first-order chi connectivity index (χ1) is 17.0. The molecular weight excluding hydrogens is 451 g/mol. The van der Waals surface area contributed by atoms with Gasteiger partial charge in [-0.15, -0.1) is 0 Å². The summed E-state index contributed by atoms with van der Waals surface area (Å²) in [7, 11) is 3.11. The fraction of sp³-hybridized carbons (Fsp3) is 0.346. The summed E-state index contributed by atoms with van der Waals surface area (Å²) in [5.74, 6) is 1.10. The van der Waals surface area contributed by atoms with Gasteiger partial charge in [-0.3, -0.25) is 4.79 Å². The molecule has 35 heavy (non-hydrogen) atoms. The van der Waals surface area contributed by atoms with E-state index in [9.17, 15) is 4.79 Å². The average Bonchev–Trinajstić information content (AvgIpc) is 3.39. The molecule has 0 aliphatic carbocycles. The van der Waals surface area contributed by atoms with Crippen molar-refractivity contribution in [3.63, 3.8) is 0 Å². The molecular formula is C26H27FN4O4. The number of aromatic nitrogens is 3. The highest BCUT2D eigenvalue weighted by atomic mass is 19.1. The first-order valence-corrected chi connectivity index (χ1v) is 11.7. The zero-order chi connectivity index (χ0) is 24.5. The number of pyridine rings is 1. The number of anilines is 1. The molecule has 0 N–H and O–H groups in total. The predicted octanol–water partition coefficient (Wildman–Crippen LogP) is 4.89. The molecule has 1 aliphatic heterocycles. The van der Waals surface area contributed by atoms with Crippen LogP contribution < -0.4 is 19.8 Å². The van der Waals surface area contributed by atoms with Gasteiger partial charge in [0.15, 0.2) is 0 Å². The second-order valence-electron chi connectivity index (χ2n) is 8.55. The fourth-order valence-corrected chi connectivity index (χ4v) is 4.58. The molecule has 0 bridgehead atoms. The zero-order valence-corrected chi connectivity index (χ0v) is 20.0. The minimum Gasteiger partial charge on any atom is -0.497 e. The Balaban J connectivity index is 1.60. The minimum atomic E-state index is -0.397. The van der Waals surface area contributed by atoms with Crippen molar-refractivity contribution in [1.29, 1.82) is 0 Å². The van der Waals surface area contributed by atoms with Crippen molar-refractivity contribution in [3.8, 4) is 34.3 Å². The van der Waals surface area contributed by atoms with Crippen LogP contribution in [0.1, 0.15) is 26.2 Å². The van der Waals surface area contributed by atoms with Gasteiger partial charge in [0.2, 0.25) is 11.3 Å². The molecule has 0 spiro atoms. The van der Waals surface area contributed by atoms with Crippen LogP contribution in [0.2, 0.25) is 0 Å². The van der Waals surface area contributed by atoms with Crippen LogP contribution in [0.5, 0.6) is 11.5 Å². The largest absolute Gasteiger partial charge is 0.497 e. The second-order valence-corrected chi connectivity index (χ2v) is 8.55. The maximum atomic E-state index is 15.2. The monoisotopic (exact) mass is 478 g/mol. The van der Waals surface area contributed by atoms with Gasteiger partial charge in [-0.25, -0.2) is 4.39 Å². The van der Waals surface area contributed by atoms with Crippen LogP contribution in [0.15, 0.2) is 45.8 Å². The van der Waals surface area contributed by atoms with E-state index in [1.807, 2.05) is 11.5 Å². The third-order valence-electron chi connectivity index (χ3n) is 6.45. The van der Waals surface area contributed by atoms with Gasteiger partial charge in [-0.2, -0.15) is 4.98 Å². The summed E-state index contributed by atoms with van der Waals surface area (Å²) in [4.78, 5) is 19.9. The molecule has 8 nitrogen and oxygen atoms in total. The van der Waals surface area contributed by atoms with Gasteiger partial charge in [0, 0.05) is 42.8 Å². The molecule has 1 fully saturated rings. The summed E-state index contributed by atoms with van der Waals surface area (Å²) in [6, 6.07) is 8.35. The van der Waals surface area contributed by atoms with Crippen molar-refractivity contribution < 1.29 is 18.4 Å². The molecule has 3 heterocycles. The Bertz CT molecular complexity index is 1420. The number of aryl methyl sites for hydroxylation is 1. The molecule has 182 valence electrons. The summed E-state index contributed by atoms with van der Waals surface area (Å²) in [6.07, 6.45) is 4.93. The van der Waals surface area contributed by atoms with Crippen molar-refractivity contribution in [2.24, 2.45) is 0 Å². The number of hydrogen-bond donors (Lipinski definition) is 0. The summed E-state index contributed by atoms with van der Waals surface area (Å²) < 4.78 is 33.2. The molecule has 0 unspecified atom stereocenters. The first-order valence-electron chi connectivity index (χ1n) is 11.7. The van der Waals surface area contributed by atoms with Crippen molar-refractivity contribution in [2.75, 3.05) is 32.2 Å². The Morgan fingerprint density at radius 3 is 2.40 bits per heavy atom. The second kappa shape index (κ2) is 9.40. The van der Waals surface area contributed by atoms with Crippen LogP contribution >= 0.6 is 0 Å². The highest BCUT2D eigenvalue weighted by molar-refractivity contribution is 5.86. The third-order valence-corrected chi connectivity index (χ3v) is 6.45. The smallest absolute Gasteiger partial charge is 0.263 e. The lowest BCUT2D eigenvalue weighted by Crippen LogP contribution is -2.30. The Kier molecular flexibility index (Phi) is 6.15. The molecule has 0 radical (unpaired) electrons. The Labute approximate surface area is 201 Å². The van der Waals surface area contributed by atoms with Crippen molar-refractivity contribution >= 4 is 16.6 Å². The van der Waals surface area contributed by atoms with E-state index in [0.717, 1.165) is 32.4 Å². The van der Waals surface area contributed by atoms with Crippen molar-refractivity contribution in [3.05, 3.63) is 52.6 Å². The van der Waals surface area contributed by atoms with E-state index in [2.05, 4.69) is 15.0 Å². The molecule has 4 aromatic rings. The lowest BCUT2D eigenvalue weighted by Gasteiger charge is -2.29. The molecule has 2 aromatic heterocycles. The van der Waals surface area contributed by atoms with Crippen LogP contribution in [-0.2, 0) is 6.54 Å². The van der Waals surface area contributed by atoms with Crippen LogP contribution in [-0.4, -0.2) is 42.0 Å². The molecule has 2 aromatic carbocycles. The van der Waals surface area contributed by atoms with Crippen LogP contribution in [0, 0.1) is 5.82 Å². The molecule has 0 amide bonds. The highest BCUT2D eigenvalue weighted by Crippen LogP contribution is 2.31. The highest BCUT2D eigenvalue weighted by Gasteiger charge is 2.21. The van der Waals surface area contributed by atoms with Gasteiger partial charge in [0.05, 0.1) is 25.4 Å². The fourth-order valence-electron chi connectivity index (χ4n) is 4.58. The molecule has 1 saturated heterocycles. The summed E-state index contributed by atoms with van der Waals surface area (Å²) in [5.41, 5.74) is 1.70. The predicted molar refractivity (Wildman–Crippen MR) is 132 cm³/mol. The molecule has 0 atom stereocenters. The standard InChI is InChI=1S/C26H27FN4O4/c1-4-30-15-20(26-28-25(29-35-26)16-10-17(33-2)12-18(11-16)34-3)24(32)19-13-21(27)23(14-22(19)30)31-8-6-5-7-9-31/h10-15H,4-9H2,1-3H3. The molecule has 1 aliphatic rings. The normalized spacial score (nSPS) is 13.9. The van der Waals surface area contributed by atoms with Gasteiger partial charge >= 0.3 is 0 Å². The number of methoxy groups -OCH3 is 2.